The SMILES string of the molecule is C=C(C)C1=CC=CCC1.C=C(C)N1C=C(O)C(=O)CC1. The molecule has 2 rings (SSSR count). The third-order valence-corrected chi connectivity index (χ3v) is 3.20. The van der Waals surface area contributed by atoms with E-state index in [1.165, 1.54) is 30.2 Å². The quantitative estimate of drug-likeness (QED) is 0.825. The van der Waals surface area contributed by atoms with Crippen molar-refractivity contribution in [3.63, 3.8) is 0 Å². The first-order valence-electron chi connectivity index (χ1n) is 6.79. The normalized spacial score (nSPS) is 17.7. The lowest BCUT2D eigenvalue weighted by Gasteiger charge is -2.23. The number of hydrogen-bond acceptors (Lipinski definition) is 3. The molecular weight excluding hydrogens is 250 g/mol. The van der Waals surface area contributed by atoms with E-state index in [1.54, 1.807) is 4.90 Å². The maximum Gasteiger partial charge on any atom is 0.200 e. The summed E-state index contributed by atoms with van der Waals surface area (Å²) in [4.78, 5) is 12.5. The summed E-state index contributed by atoms with van der Waals surface area (Å²) in [5, 5.41) is 9.03. The number of carbonyl (C=O) groups is 1. The minimum atomic E-state index is -0.192. The van der Waals surface area contributed by atoms with Gasteiger partial charge in [0.2, 0.25) is 0 Å². The molecule has 1 aliphatic carbocycles. The number of hydrogen-bond donors (Lipinski definition) is 1. The first-order valence-corrected chi connectivity index (χ1v) is 6.79. The van der Waals surface area contributed by atoms with E-state index in [2.05, 4.69) is 38.3 Å². The number of allylic oxidation sites excluding steroid dienone is 7. The zero-order valence-electron chi connectivity index (χ0n) is 12.4. The van der Waals surface area contributed by atoms with Gasteiger partial charge in [-0.3, -0.25) is 4.79 Å². The summed E-state index contributed by atoms with van der Waals surface area (Å²) in [5.74, 6) is -0.359. The van der Waals surface area contributed by atoms with Crippen LogP contribution >= 0.6 is 0 Å². The first-order chi connectivity index (χ1) is 9.41. The molecule has 0 atom stereocenters. The summed E-state index contributed by atoms with van der Waals surface area (Å²) in [6.45, 7) is 12.1. The van der Waals surface area contributed by atoms with Crippen LogP contribution in [0.2, 0.25) is 0 Å². The first kappa shape index (κ1) is 16.0. The van der Waals surface area contributed by atoms with E-state index in [1.807, 2.05) is 6.92 Å². The zero-order chi connectivity index (χ0) is 15.1. The fourth-order valence-electron chi connectivity index (χ4n) is 1.89. The van der Waals surface area contributed by atoms with E-state index >= 15 is 0 Å². The van der Waals surface area contributed by atoms with Crippen molar-refractivity contribution in [1.29, 1.82) is 0 Å². The molecule has 0 radical (unpaired) electrons. The van der Waals surface area contributed by atoms with Crippen LogP contribution in [0.3, 0.4) is 0 Å². The Labute approximate surface area is 121 Å². The maximum absolute atomic E-state index is 10.8. The van der Waals surface area contributed by atoms with Crippen molar-refractivity contribution in [2.75, 3.05) is 6.54 Å². The predicted molar refractivity (Wildman–Crippen MR) is 83.1 cm³/mol. The van der Waals surface area contributed by atoms with Crippen molar-refractivity contribution in [1.82, 2.24) is 4.90 Å². The van der Waals surface area contributed by atoms with Crippen molar-refractivity contribution in [2.45, 2.75) is 33.1 Å². The van der Waals surface area contributed by atoms with Gasteiger partial charge in [-0.15, -0.1) is 0 Å². The molecule has 0 unspecified atom stereocenters. The lowest BCUT2D eigenvalue weighted by Crippen LogP contribution is -2.25. The molecule has 1 N–H and O–H groups in total. The highest BCUT2D eigenvalue weighted by atomic mass is 16.3. The molecule has 0 saturated heterocycles. The van der Waals surface area contributed by atoms with Gasteiger partial charge >= 0.3 is 0 Å². The Bertz CT molecular complexity index is 495. The van der Waals surface area contributed by atoms with Crippen molar-refractivity contribution >= 4 is 5.78 Å². The summed E-state index contributed by atoms with van der Waals surface area (Å²) in [6, 6.07) is 0. The summed E-state index contributed by atoms with van der Waals surface area (Å²) in [5.41, 5.74) is 3.45. The third-order valence-electron chi connectivity index (χ3n) is 3.20. The fourth-order valence-corrected chi connectivity index (χ4v) is 1.89. The molecule has 1 heterocycles. The van der Waals surface area contributed by atoms with Crippen molar-refractivity contribution in [3.05, 3.63) is 60.2 Å². The van der Waals surface area contributed by atoms with Gasteiger partial charge in [-0.25, -0.2) is 0 Å². The summed E-state index contributed by atoms with van der Waals surface area (Å²) >= 11 is 0. The van der Waals surface area contributed by atoms with Gasteiger partial charge < -0.3 is 10.0 Å². The van der Waals surface area contributed by atoms with Crippen LogP contribution in [-0.2, 0) is 4.79 Å². The topological polar surface area (TPSA) is 40.5 Å². The van der Waals surface area contributed by atoms with Gasteiger partial charge in [-0.05, 0) is 32.3 Å². The summed E-state index contributed by atoms with van der Waals surface area (Å²) in [6.07, 6.45) is 10.6. The number of rotatable bonds is 2. The molecule has 1 aliphatic heterocycles. The molecule has 0 bridgehead atoms. The minimum Gasteiger partial charge on any atom is -0.503 e. The van der Waals surface area contributed by atoms with Crippen molar-refractivity contribution in [3.8, 4) is 0 Å². The van der Waals surface area contributed by atoms with Gasteiger partial charge in [0.15, 0.2) is 11.5 Å². The molecule has 0 aromatic heterocycles. The second-order valence-electron chi connectivity index (χ2n) is 5.06. The molecule has 0 amide bonds. The third kappa shape index (κ3) is 4.92. The van der Waals surface area contributed by atoms with Crippen LogP contribution in [0.4, 0.5) is 0 Å². The molecule has 20 heavy (non-hydrogen) atoms. The van der Waals surface area contributed by atoms with Gasteiger partial charge in [0.25, 0.3) is 0 Å². The highest BCUT2D eigenvalue weighted by Gasteiger charge is 2.16. The number of aliphatic hydroxyl groups excluding tert-OH is 1. The Balaban J connectivity index is 0.000000204. The Hall–Kier alpha value is -2.03. The van der Waals surface area contributed by atoms with E-state index in [4.69, 9.17) is 5.11 Å². The lowest BCUT2D eigenvalue weighted by molar-refractivity contribution is -0.118. The van der Waals surface area contributed by atoms with Gasteiger partial charge in [0.05, 0.1) is 0 Å². The number of carbonyl (C=O) groups excluding carboxylic acids is 1. The maximum atomic E-state index is 10.8. The molecule has 0 spiro atoms. The van der Waals surface area contributed by atoms with Crippen molar-refractivity contribution in [2.24, 2.45) is 0 Å². The summed E-state index contributed by atoms with van der Waals surface area (Å²) < 4.78 is 0. The minimum absolute atomic E-state index is 0.167. The highest BCUT2D eigenvalue weighted by molar-refractivity contribution is 5.93. The Morgan fingerprint density at radius 1 is 1.30 bits per heavy atom. The Morgan fingerprint density at radius 2 is 2.00 bits per heavy atom. The highest BCUT2D eigenvalue weighted by Crippen LogP contribution is 2.17. The average Bonchev–Trinajstić information content (AvgIpc) is 2.43. The van der Waals surface area contributed by atoms with Gasteiger partial charge in [0.1, 0.15) is 0 Å². The number of nitrogens with zero attached hydrogens (tertiary/aromatic N) is 1. The van der Waals surface area contributed by atoms with E-state index in [9.17, 15) is 4.79 Å². The van der Waals surface area contributed by atoms with Gasteiger partial charge in [0, 0.05) is 24.9 Å². The zero-order valence-corrected chi connectivity index (χ0v) is 12.4. The second-order valence-corrected chi connectivity index (χ2v) is 5.06. The van der Waals surface area contributed by atoms with Crippen LogP contribution in [0.5, 0.6) is 0 Å². The van der Waals surface area contributed by atoms with Crippen LogP contribution in [0.25, 0.3) is 0 Å². The molecule has 0 aromatic rings. The monoisotopic (exact) mass is 273 g/mol. The second kappa shape index (κ2) is 7.53. The lowest BCUT2D eigenvalue weighted by atomic mass is 10.00. The molecule has 0 fully saturated rings. The molecule has 2 aliphatic rings. The van der Waals surface area contributed by atoms with Crippen LogP contribution in [0.15, 0.2) is 60.2 Å². The largest absolute Gasteiger partial charge is 0.503 e. The average molecular weight is 273 g/mol. The molecule has 0 saturated carbocycles. The van der Waals surface area contributed by atoms with Crippen LogP contribution < -0.4 is 0 Å². The molecule has 108 valence electrons. The number of ketones is 1. The fraction of sp³-hybridized carbons (Fsp3) is 0.353. The van der Waals surface area contributed by atoms with E-state index in [0.29, 0.717) is 13.0 Å². The van der Waals surface area contributed by atoms with Crippen LogP contribution in [0.1, 0.15) is 33.1 Å². The standard InChI is InChI=1S/C9H12.C8H11NO2/c1-8(2)9-6-4-3-5-7-9;1-6(2)9-4-3-7(10)8(11)5-9/h3-4,6H,1,5,7H2,2H3;5,11H,1,3-4H2,2H3. The molecule has 0 aromatic carbocycles. The van der Waals surface area contributed by atoms with E-state index < -0.39 is 0 Å². The van der Waals surface area contributed by atoms with E-state index in [-0.39, 0.29) is 11.5 Å². The van der Waals surface area contributed by atoms with Gasteiger partial charge in [-0.1, -0.05) is 37.0 Å². The van der Waals surface area contributed by atoms with Gasteiger partial charge in [-0.2, -0.15) is 0 Å². The smallest absolute Gasteiger partial charge is 0.200 e. The molecule has 3 nitrogen and oxygen atoms in total. The summed E-state index contributed by atoms with van der Waals surface area (Å²) in [7, 11) is 0. The van der Waals surface area contributed by atoms with Crippen LogP contribution in [0, 0.1) is 0 Å². The molecule has 3 heteroatoms. The van der Waals surface area contributed by atoms with E-state index in [0.717, 1.165) is 5.70 Å². The Kier molecular flexibility index (Phi) is 6.04. The Morgan fingerprint density at radius 3 is 2.40 bits per heavy atom. The predicted octanol–water partition coefficient (Wildman–Crippen LogP) is 4.03. The van der Waals surface area contributed by atoms with Crippen molar-refractivity contribution < 1.29 is 9.90 Å². The molecular formula is C17H23NO2. The number of Topliss-reactive ketones (excluding diaryl/α,β-unsaturated/α-hetero) is 1. The van der Waals surface area contributed by atoms with Crippen LogP contribution in [-0.4, -0.2) is 22.3 Å². The number of aliphatic hydroxyl groups is 1.